The van der Waals surface area contributed by atoms with E-state index in [1.165, 1.54) is 0 Å². The summed E-state index contributed by atoms with van der Waals surface area (Å²) >= 11 is -1.98. The van der Waals surface area contributed by atoms with Gasteiger partial charge >= 0.3 is 0 Å². The maximum Gasteiger partial charge on any atom is 0.264 e. The van der Waals surface area contributed by atoms with Crippen molar-refractivity contribution in [3.05, 3.63) is 0 Å². The van der Waals surface area contributed by atoms with Crippen LogP contribution in [0.1, 0.15) is 6.42 Å². The minimum Gasteiger partial charge on any atom is -0.306 e. The van der Waals surface area contributed by atoms with Crippen molar-refractivity contribution in [2.45, 2.75) is 6.42 Å². The van der Waals surface area contributed by atoms with E-state index in [9.17, 15) is 12.6 Å². The van der Waals surface area contributed by atoms with E-state index in [1.807, 2.05) is 0 Å². The van der Waals surface area contributed by atoms with Gasteiger partial charge in [0, 0.05) is 0 Å². The lowest BCUT2D eigenvalue weighted by molar-refractivity contribution is 0.482. The molecule has 5 nitrogen and oxygen atoms in total. The van der Waals surface area contributed by atoms with Crippen molar-refractivity contribution in [1.82, 2.24) is 0 Å². The number of hydrogen-bond acceptors (Lipinski definition) is 3. The molecular formula is C3H8O5S2. The fraction of sp³-hybridized carbons (Fsp3) is 1.00. The Labute approximate surface area is 61.5 Å². The molecule has 0 aliphatic rings. The molecule has 0 saturated heterocycles. The van der Waals surface area contributed by atoms with E-state index in [-0.39, 0.29) is 12.2 Å². The smallest absolute Gasteiger partial charge is 0.264 e. The highest BCUT2D eigenvalue weighted by Gasteiger charge is 2.04. The van der Waals surface area contributed by atoms with Crippen LogP contribution in [0.4, 0.5) is 0 Å². The third-order valence-corrected chi connectivity index (χ3v) is 2.16. The first-order valence-corrected chi connectivity index (χ1v) is 5.33. The molecule has 0 aliphatic heterocycles. The van der Waals surface area contributed by atoms with Gasteiger partial charge < -0.3 is 4.55 Å². The highest BCUT2D eigenvalue weighted by Crippen LogP contribution is 1.89. The van der Waals surface area contributed by atoms with Crippen molar-refractivity contribution in [2.75, 3.05) is 11.5 Å². The molecule has 0 bridgehead atoms. The summed E-state index contributed by atoms with van der Waals surface area (Å²) in [6.45, 7) is 0. The molecule has 0 aromatic carbocycles. The summed E-state index contributed by atoms with van der Waals surface area (Å²) in [6, 6.07) is 0. The Balaban J connectivity index is 3.49. The lowest BCUT2D eigenvalue weighted by Crippen LogP contribution is -2.07. The first-order chi connectivity index (χ1) is 4.42. The Morgan fingerprint density at radius 2 is 1.90 bits per heavy atom. The molecule has 62 valence electrons. The average Bonchev–Trinajstić information content (AvgIpc) is 1.59. The molecule has 10 heavy (non-hydrogen) atoms. The van der Waals surface area contributed by atoms with E-state index in [2.05, 4.69) is 0 Å². The standard InChI is InChI=1S/C3H8O5S2/c4-9(5)2-1-3-10(6,7)8/h1-3H2,(H,4,5)(H,6,7,8). The Bertz CT molecular complexity index is 205. The molecule has 0 aromatic rings. The van der Waals surface area contributed by atoms with Gasteiger partial charge in [-0.15, -0.1) is 0 Å². The topological polar surface area (TPSA) is 91.7 Å². The van der Waals surface area contributed by atoms with Gasteiger partial charge in [0.15, 0.2) is 11.1 Å². The predicted octanol–water partition coefficient (Wildman–Crippen LogP) is -0.514. The molecule has 0 aromatic heterocycles. The van der Waals surface area contributed by atoms with Crippen LogP contribution in [0.15, 0.2) is 0 Å². The Morgan fingerprint density at radius 1 is 1.40 bits per heavy atom. The Morgan fingerprint density at radius 3 is 2.20 bits per heavy atom. The zero-order chi connectivity index (χ0) is 8.20. The summed E-state index contributed by atoms with van der Waals surface area (Å²) in [6.07, 6.45) is 0.00193. The Kier molecular flexibility index (Phi) is 4.02. The third-order valence-electron chi connectivity index (χ3n) is 0.721. The van der Waals surface area contributed by atoms with E-state index in [0.29, 0.717) is 0 Å². The van der Waals surface area contributed by atoms with Gasteiger partial charge in [0.05, 0.1) is 11.5 Å². The summed E-state index contributed by atoms with van der Waals surface area (Å²) in [5, 5.41) is 0. The van der Waals surface area contributed by atoms with Crippen LogP contribution in [-0.4, -0.2) is 33.2 Å². The van der Waals surface area contributed by atoms with E-state index in [4.69, 9.17) is 9.11 Å². The molecule has 2 N–H and O–H groups in total. The molecule has 0 heterocycles. The van der Waals surface area contributed by atoms with Gasteiger partial charge in [-0.25, -0.2) is 4.21 Å². The summed E-state index contributed by atoms with van der Waals surface area (Å²) in [5.41, 5.74) is 0. The maximum atomic E-state index is 9.99. The SMILES string of the molecule is O=S(O)CCCS(=O)(=O)O. The molecule has 0 saturated carbocycles. The molecule has 1 unspecified atom stereocenters. The minimum atomic E-state index is -3.97. The van der Waals surface area contributed by atoms with Crippen LogP contribution in [0.5, 0.6) is 0 Å². The first-order valence-electron chi connectivity index (χ1n) is 2.44. The van der Waals surface area contributed by atoms with Crippen molar-refractivity contribution in [2.24, 2.45) is 0 Å². The predicted molar refractivity (Wildman–Crippen MR) is 36.7 cm³/mol. The van der Waals surface area contributed by atoms with E-state index in [1.54, 1.807) is 0 Å². The zero-order valence-corrected chi connectivity index (χ0v) is 6.69. The minimum absolute atomic E-state index is 0.00193. The Hall–Kier alpha value is 0.0200. The van der Waals surface area contributed by atoms with Crippen molar-refractivity contribution >= 4 is 21.2 Å². The van der Waals surface area contributed by atoms with Crippen LogP contribution in [0.3, 0.4) is 0 Å². The number of hydrogen-bond donors (Lipinski definition) is 2. The van der Waals surface area contributed by atoms with Gasteiger partial charge in [-0.3, -0.25) is 4.55 Å². The molecule has 7 heteroatoms. The van der Waals surface area contributed by atoms with E-state index < -0.39 is 27.0 Å². The van der Waals surface area contributed by atoms with E-state index >= 15 is 0 Å². The molecular weight excluding hydrogens is 180 g/mol. The summed E-state index contributed by atoms with van der Waals surface area (Å²) in [5.74, 6) is -0.584. The summed E-state index contributed by atoms with van der Waals surface area (Å²) in [4.78, 5) is 0. The lowest BCUT2D eigenvalue weighted by Gasteiger charge is -1.92. The average molecular weight is 188 g/mol. The third kappa shape index (κ3) is 8.02. The van der Waals surface area contributed by atoms with Crippen LogP contribution < -0.4 is 0 Å². The first kappa shape index (κ1) is 10.0. The van der Waals surface area contributed by atoms with Crippen LogP contribution in [0.2, 0.25) is 0 Å². The monoisotopic (exact) mass is 188 g/mol. The molecule has 1 atom stereocenters. The molecule has 0 amide bonds. The van der Waals surface area contributed by atoms with Gasteiger partial charge in [0.2, 0.25) is 0 Å². The normalized spacial score (nSPS) is 15.0. The van der Waals surface area contributed by atoms with Crippen LogP contribution in [-0.2, 0) is 21.2 Å². The largest absolute Gasteiger partial charge is 0.306 e. The van der Waals surface area contributed by atoms with E-state index in [0.717, 1.165) is 0 Å². The van der Waals surface area contributed by atoms with Gasteiger partial charge in [-0.05, 0) is 6.42 Å². The highest BCUT2D eigenvalue weighted by atomic mass is 32.2. The second kappa shape index (κ2) is 4.02. The zero-order valence-electron chi connectivity index (χ0n) is 5.06. The molecule has 0 rings (SSSR count). The van der Waals surface area contributed by atoms with Gasteiger partial charge in [-0.2, -0.15) is 8.42 Å². The van der Waals surface area contributed by atoms with Crippen molar-refractivity contribution in [3.63, 3.8) is 0 Å². The van der Waals surface area contributed by atoms with Crippen molar-refractivity contribution < 1.29 is 21.7 Å². The van der Waals surface area contributed by atoms with Gasteiger partial charge in [0.1, 0.15) is 0 Å². The summed E-state index contributed by atoms with van der Waals surface area (Å²) in [7, 11) is -3.97. The second-order valence-corrected chi connectivity index (χ2v) is 4.29. The summed E-state index contributed by atoms with van der Waals surface area (Å²) < 4.78 is 46.2. The van der Waals surface area contributed by atoms with Crippen molar-refractivity contribution in [1.29, 1.82) is 0 Å². The maximum absolute atomic E-state index is 9.99. The molecule has 0 radical (unpaired) electrons. The highest BCUT2D eigenvalue weighted by molar-refractivity contribution is 7.85. The van der Waals surface area contributed by atoms with Gasteiger partial charge in [-0.1, -0.05) is 0 Å². The fourth-order valence-electron chi connectivity index (χ4n) is 0.365. The quantitative estimate of drug-likeness (QED) is 0.458. The lowest BCUT2D eigenvalue weighted by atomic mass is 10.6. The van der Waals surface area contributed by atoms with Crippen molar-refractivity contribution in [3.8, 4) is 0 Å². The molecule has 0 spiro atoms. The molecule has 0 aliphatic carbocycles. The fourth-order valence-corrected chi connectivity index (χ4v) is 1.45. The molecule has 0 fully saturated rings. The number of rotatable bonds is 4. The van der Waals surface area contributed by atoms with Crippen LogP contribution in [0, 0.1) is 0 Å². The van der Waals surface area contributed by atoms with Crippen LogP contribution in [0.25, 0.3) is 0 Å². The van der Waals surface area contributed by atoms with Crippen LogP contribution >= 0.6 is 0 Å². The van der Waals surface area contributed by atoms with Gasteiger partial charge in [0.25, 0.3) is 10.1 Å². The second-order valence-electron chi connectivity index (χ2n) is 1.67.